The highest BCUT2D eigenvalue weighted by Gasteiger charge is 2.44. The average molecular weight is 328 g/mol. The van der Waals surface area contributed by atoms with Gasteiger partial charge in [0.1, 0.15) is 0 Å². The number of hydrogen-bond acceptors (Lipinski definition) is 3. The summed E-state index contributed by atoms with van der Waals surface area (Å²) >= 11 is 0. The van der Waals surface area contributed by atoms with Crippen molar-refractivity contribution < 1.29 is 9.53 Å². The molecular formula is C20H28N2O2. The third kappa shape index (κ3) is 4.25. The second kappa shape index (κ2) is 7.95. The van der Waals surface area contributed by atoms with Gasteiger partial charge in [0.2, 0.25) is 5.91 Å². The van der Waals surface area contributed by atoms with E-state index in [9.17, 15) is 4.79 Å². The largest absolute Gasteiger partial charge is 0.383 e. The van der Waals surface area contributed by atoms with Crippen LogP contribution in [0.15, 0.2) is 36.4 Å². The Morgan fingerprint density at radius 2 is 1.96 bits per heavy atom. The highest BCUT2D eigenvalue weighted by atomic mass is 16.5. The minimum atomic E-state index is 0.210. The molecule has 4 nitrogen and oxygen atoms in total. The summed E-state index contributed by atoms with van der Waals surface area (Å²) in [4.78, 5) is 16.9. The fourth-order valence-electron chi connectivity index (χ4n) is 3.83. The topological polar surface area (TPSA) is 32.8 Å². The Bertz CT molecular complexity index is 562. The van der Waals surface area contributed by atoms with E-state index >= 15 is 0 Å². The van der Waals surface area contributed by atoms with Crippen molar-refractivity contribution in [2.75, 3.05) is 46.4 Å². The van der Waals surface area contributed by atoms with Crippen molar-refractivity contribution in [1.82, 2.24) is 9.80 Å². The van der Waals surface area contributed by atoms with E-state index in [4.69, 9.17) is 4.74 Å². The molecule has 0 unspecified atom stereocenters. The monoisotopic (exact) mass is 328 g/mol. The summed E-state index contributed by atoms with van der Waals surface area (Å²) in [5.74, 6) is 0.318. The second-order valence-corrected chi connectivity index (χ2v) is 7.10. The van der Waals surface area contributed by atoms with Crippen LogP contribution in [-0.4, -0.2) is 62.1 Å². The van der Waals surface area contributed by atoms with Crippen LogP contribution >= 0.6 is 0 Å². The van der Waals surface area contributed by atoms with Crippen molar-refractivity contribution in [1.29, 1.82) is 0 Å². The van der Waals surface area contributed by atoms with Crippen LogP contribution in [0.3, 0.4) is 0 Å². The van der Waals surface area contributed by atoms with Gasteiger partial charge in [0, 0.05) is 33.2 Å². The number of nitrogens with zero attached hydrogens (tertiary/aromatic N) is 2. The first-order valence-electron chi connectivity index (χ1n) is 8.91. The SMILES string of the molecule is COCCN1CCC2(CC1)CC(=O)N(C/C=C/c1ccccc1)C2. The van der Waals surface area contributed by atoms with Gasteiger partial charge in [-0.05, 0) is 36.9 Å². The van der Waals surface area contributed by atoms with Crippen molar-refractivity contribution in [3.63, 3.8) is 0 Å². The summed E-state index contributed by atoms with van der Waals surface area (Å²) in [6.07, 6.45) is 7.19. The fraction of sp³-hybridized carbons (Fsp3) is 0.550. The predicted molar refractivity (Wildman–Crippen MR) is 96.7 cm³/mol. The maximum atomic E-state index is 12.4. The zero-order valence-electron chi connectivity index (χ0n) is 14.6. The maximum Gasteiger partial charge on any atom is 0.223 e. The number of benzene rings is 1. The molecular weight excluding hydrogens is 300 g/mol. The molecule has 2 aliphatic heterocycles. The Hall–Kier alpha value is -1.65. The van der Waals surface area contributed by atoms with Gasteiger partial charge < -0.3 is 14.5 Å². The van der Waals surface area contributed by atoms with Crippen LogP contribution in [0, 0.1) is 5.41 Å². The summed E-state index contributed by atoms with van der Waals surface area (Å²) in [6, 6.07) is 10.3. The summed E-state index contributed by atoms with van der Waals surface area (Å²) in [7, 11) is 1.75. The number of hydrogen-bond donors (Lipinski definition) is 0. The molecule has 0 aromatic heterocycles. The molecule has 1 amide bonds. The molecule has 0 radical (unpaired) electrons. The molecule has 2 fully saturated rings. The van der Waals surface area contributed by atoms with Crippen molar-refractivity contribution in [2.24, 2.45) is 5.41 Å². The normalized spacial score (nSPS) is 21.2. The Morgan fingerprint density at radius 1 is 1.21 bits per heavy atom. The molecule has 2 heterocycles. The molecule has 4 heteroatoms. The van der Waals surface area contributed by atoms with Crippen LogP contribution in [0.25, 0.3) is 6.08 Å². The molecule has 1 aromatic carbocycles. The van der Waals surface area contributed by atoms with Gasteiger partial charge in [0.25, 0.3) is 0 Å². The van der Waals surface area contributed by atoms with E-state index in [0.717, 1.165) is 58.6 Å². The molecule has 1 spiro atoms. The summed E-state index contributed by atoms with van der Waals surface area (Å²) in [5.41, 5.74) is 1.40. The lowest BCUT2D eigenvalue weighted by molar-refractivity contribution is -0.127. The summed E-state index contributed by atoms with van der Waals surface area (Å²) < 4.78 is 5.16. The first kappa shape index (κ1) is 17.2. The lowest BCUT2D eigenvalue weighted by atomic mass is 9.77. The predicted octanol–water partition coefficient (Wildman–Crippen LogP) is 2.66. The van der Waals surface area contributed by atoms with E-state index in [1.807, 2.05) is 23.1 Å². The standard InChI is InChI=1S/C20H28N2O2/c1-24-15-14-21-12-9-20(10-13-21)16-19(23)22(17-20)11-5-8-18-6-3-2-4-7-18/h2-8H,9-17H2,1H3/b8-5+. The molecule has 0 saturated carbocycles. The second-order valence-electron chi connectivity index (χ2n) is 7.10. The highest BCUT2D eigenvalue weighted by molar-refractivity contribution is 5.79. The number of amides is 1. The Labute approximate surface area is 145 Å². The highest BCUT2D eigenvalue weighted by Crippen LogP contribution is 2.40. The van der Waals surface area contributed by atoms with E-state index in [-0.39, 0.29) is 5.41 Å². The van der Waals surface area contributed by atoms with Gasteiger partial charge in [-0.2, -0.15) is 0 Å². The van der Waals surface area contributed by atoms with Crippen LogP contribution in [-0.2, 0) is 9.53 Å². The van der Waals surface area contributed by atoms with Gasteiger partial charge >= 0.3 is 0 Å². The van der Waals surface area contributed by atoms with Gasteiger partial charge in [-0.25, -0.2) is 0 Å². The molecule has 0 aliphatic carbocycles. The zero-order chi connectivity index (χ0) is 16.8. The number of likely N-dealkylation sites (tertiary alicyclic amines) is 2. The van der Waals surface area contributed by atoms with E-state index in [0.29, 0.717) is 5.91 Å². The minimum absolute atomic E-state index is 0.210. The smallest absolute Gasteiger partial charge is 0.223 e. The average Bonchev–Trinajstić information content (AvgIpc) is 2.91. The first-order valence-corrected chi connectivity index (χ1v) is 8.91. The molecule has 0 bridgehead atoms. The van der Waals surface area contributed by atoms with Crippen LogP contribution in [0.2, 0.25) is 0 Å². The number of piperidine rings is 1. The maximum absolute atomic E-state index is 12.4. The Kier molecular flexibility index (Phi) is 5.69. The van der Waals surface area contributed by atoms with Crippen molar-refractivity contribution in [2.45, 2.75) is 19.3 Å². The molecule has 3 rings (SSSR count). The number of rotatable bonds is 6. The quantitative estimate of drug-likeness (QED) is 0.805. The number of methoxy groups -OCH3 is 1. The number of carbonyl (C=O) groups excluding carboxylic acids is 1. The molecule has 0 atom stereocenters. The van der Waals surface area contributed by atoms with Crippen LogP contribution in [0.5, 0.6) is 0 Å². The molecule has 130 valence electrons. The van der Waals surface area contributed by atoms with Crippen molar-refractivity contribution in [3.8, 4) is 0 Å². The minimum Gasteiger partial charge on any atom is -0.383 e. The zero-order valence-corrected chi connectivity index (χ0v) is 14.6. The summed E-state index contributed by atoms with van der Waals surface area (Å²) in [5, 5.41) is 0. The van der Waals surface area contributed by atoms with Gasteiger partial charge in [0.15, 0.2) is 0 Å². The van der Waals surface area contributed by atoms with Crippen LogP contribution in [0.1, 0.15) is 24.8 Å². The van der Waals surface area contributed by atoms with Crippen molar-refractivity contribution >= 4 is 12.0 Å². The van der Waals surface area contributed by atoms with E-state index in [1.165, 1.54) is 5.56 Å². The van der Waals surface area contributed by atoms with Gasteiger partial charge in [0.05, 0.1) is 6.61 Å². The lowest BCUT2D eigenvalue weighted by Crippen LogP contribution is -2.42. The van der Waals surface area contributed by atoms with Crippen LogP contribution in [0.4, 0.5) is 0 Å². The van der Waals surface area contributed by atoms with E-state index < -0.39 is 0 Å². The molecule has 2 aliphatic rings. The third-order valence-corrected chi connectivity index (χ3v) is 5.37. The fourth-order valence-corrected chi connectivity index (χ4v) is 3.83. The van der Waals surface area contributed by atoms with Crippen LogP contribution < -0.4 is 0 Å². The Morgan fingerprint density at radius 3 is 2.67 bits per heavy atom. The van der Waals surface area contributed by atoms with Gasteiger partial charge in [-0.15, -0.1) is 0 Å². The number of ether oxygens (including phenoxy) is 1. The van der Waals surface area contributed by atoms with E-state index in [2.05, 4.69) is 29.2 Å². The first-order chi connectivity index (χ1) is 11.7. The van der Waals surface area contributed by atoms with E-state index in [1.54, 1.807) is 7.11 Å². The van der Waals surface area contributed by atoms with Gasteiger partial charge in [-0.3, -0.25) is 4.79 Å². The molecule has 2 saturated heterocycles. The van der Waals surface area contributed by atoms with Crippen molar-refractivity contribution in [3.05, 3.63) is 42.0 Å². The third-order valence-electron chi connectivity index (χ3n) is 5.37. The molecule has 24 heavy (non-hydrogen) atoms. The molecule has 0 N–H and O–H groups in total. The number of carbonyl (C=O) groups is 1. The van der Waals surface area contributed by atoms with Gasteiger partial charge in [-0.1, -0.05) is 42.5 Å². The summed E-state index contributed by atoms with van der Waals surface area (Å²) in [6.45, 7) is 5.62. The molecule has 1 aromatic rings. The Balaban J connectivity index is 1.50. The lowest BCUT2D eigenvalue weighted by Gasteiger charge is -2.38.